The van der Waals surface area contributed by atoms with Gasteiger partial charge < -0.3 is 10.1 Å². The Labute approximate surface area is 135 Å². The lowest BCUT2D eigenvalue weighted by molar-refractivity contribution is -0.160. The van der Waals surface area contributed by atoms with E-state index < -0.39 is 18.0 Å². The Morgan fingerprint density at radius 1 is 1.17 bits per heavy atom. The van der Waals surface area contributed by atoms with Gasteiger partial charge in [0.2, 0.25) is 5.91 Å². The summed E-state index contributed by atoms with van der Waals surface area (Å²) < 4.78 is 4.95. The average molecular weight is 322 g/mol. The summed E-state index contributed by atoms with van der Waals surface area (Å²) in [6.45, 7) is 3.38. The van der Waals surface area contributed by atoms with Gasteiger partial charge in [-0.3, -0.25) is 19.2 Å². The molecule has 2 N–H and O–H groups in total. The second-order valence-electron chi connectivity index (χ2n) is 4.83. The molecule has 1 rings (SSSR count). The van der Waals surface area contributed by atoms with Gasteiger partial charge in [0.25, 0.3) is 5.91 Å². The Morgan fingerprint density at radius 2 is 1.87 bits per heavy atom. The van der Waals surface area contributed by atoms with Crippen LogP contribution in [0.4, 0.5) is 0 Å². The molecule has 1 aromatic carbocycles. The Kier molecular flexibility index (Phi) is 8.38. The van der Waals surface area contributed by atoms with Gasteiger partial charge in [-0.05, 0) is 5.56 Å². The van der Waals surface area contributed by atoms with Crippen molar-refractivity contribution in [3.8, 4) is 0 Å². The van der Waals surface area contributed by atoms with Crippen LogP contribution in [0.15, 0.2) is 30.3 Å². The average Bonchev–Trinajstić information content (AvgIpc) is 2.54. The van der Waals surface area contributed by atoms with Crippen molar-refractivity contribution >= 4 is 17.8 Å². The van der Waals surface area contributed by atoms with Crippen molar-refractivity contribution in [2.45, 2.75) is 39.4 Å². The number of rotatable bonds is 9. The molecule has 1 atom stereocenters. The summed E-state index contributed by atoms with van der Waals surface area (Å²) in [4.78, 5) is 39.3. The molecule has 23 heavy (non-hydrogen) atoms. The number of hydrogen-bond donors (Lipinski definition) is 2. The molecule has 0 aliphatic heterocycles. The van der Waals surface area contributed by atoms with Gasteiger partial charge in [0.15, 0.2) is 6.10 Å². The van der Waals surface area contributed by atoms with Crippen molar-refractivity contribution in [1.29, 1.82) is 0 Å². The fraction of sp³-hybridized carbons (Fsp3) is 0.438. The first-order valence-electron chi connectivity index (χ1n) is 7.42. The highest BCUT2D eigenvalue weighted by Crippen LogP contribution is 2.02. The minimum atomic E-state index is -1.01. The zero-order valence-electron chi connectivity index (χ0n) is 13.3. The molecule has 0 bridgehead atoms. The third-order valence-electron chi connectivity index (χ3n) is 2.90. The molecule has 126 valence electrons. The van der Waals surface area contributed by atoms with Crippen LogP contribution in [0.5, 0.6) is 0 Å². The molecule has 1 aromatic rings. The molecular formula is C16H22N2O5. The maximum Gasteiger partial charge on any atom is 0.303 e. The van der Waals surface area contributed by atoms with Crippen LogP contribution in [-0.2, 0) is 30.6 Å². The van der Waals surface area contributed by atoms with E-state index in [1.54, 1.807) is 6.92 Å². The quantitative estimate of drug-likeness (QED) is 0.524. The highest BCUT2D eigenvalue weighted by Gasteiger charge is 2.21. The fourth-order valence-corrected chi connectivity index (χ4v) is 1.74. The standard InChI is InChI=1S/C16H22N2O5/c1-3-15(20)17-10-9-14(23-12(2)19)16(21)18-22-11-13-7-5-4-6-8-13/h4-8,14H,3,9-11H2,1-2H3,(H,17,20)(H,18,21)/t14-/m0/s1. The van der Waals surface area contributed by atoms with E-state index in [1.165, 1.54) is 6.92 Å². The van der Waals surface area contributed by atoms with E-state index in [0.29, 0.717) is 6.42 Å². The minimum Gasteiger partial charge on any atom is -0.452 e. The highest BCUT2D eigenvalue weighted by molar-refractivity contribution is 5.82. The summed E-state index contributed by atoms with van der Waals surface area (Å²) in [5.41, 5.74) is 3.16. The van der Waals surface area contributed by atoms with Gasteiger partial charge >= 0.3 is 5.97 Å². The molecule has 7 nitrogen and oxygen atoms in total. The van der Waals surface area contributed by atoms with Crippen LogP contribution in [0.25, 0.3) is 0 Å². The number of hydroxylamine groups is 1. The zero-order chi connectivity index (χ0) is 17.1. The van der Waals surface area contributed by atoms with Gasteiger partial charge in [0.1, 0.15) is 0 Å². The number of benzene rings is 1. The minimum absolute atomic E-state index is 0.132. The summed E-state index contributed by atoms with van der Waals surface area (Å²) in [6, 6.07) is 9.31. The molecule has 0 aromatic heterocycles. The van der Waals surface area contributed by atoms with Gasteiger partial charge in [-0.25, -0.2) is 5.48 Å². The van der Waals surface area contributed by atoms with E-state index >= 15 is 0 Å². The molecule has 0 fully saturated rings. The van der Waals surface area contributed by atoms with E-state index in [4.69, 9.17) is 9.57 Å². The largest absolute Gasteiger partial charge is 0.452 e. The van der Waals surface area contributed by atoms with Gasteiger partial charge in [-0.2, -0.15) is 0 Å². The third kappa shape index (κ3) is 7.96. The van der Waals surface area contributed by atoms with Crippen molar-refractivity contribution in [3.63, 3.8) is 0 Å². The van der Waals surface area contributed by atoms with Crippen molar-refractivity contribution in [3.05, 3.63) is 35.9 Å². The topological polar surface area (TPSA) is 93.7 Å². The summed E-state index contributed by atoms with van der Waals surface area (Å²) in [7, 11) is 0. The first-order valence-corrected chi connectivity index (χ1v) is 7.42. The molecule has 0 heterocycles. The second-order valence-corrected chi connectivity index (χ2v) is 4.83. The molecule has 0 saturated heterocycles. The molecule has 0 aliphatic carbocycles. The smallest absolute Gasteiger partial charge is 0.303 e. The van der Waals surface area contributed by atoms with Crippen LogP contribution in [-0.4, -0.2) is 30.4 Å². The number of carbonyl (C=O) groups excluding carboxylic acids is 3. The predicted octanol–water partition coefficient (Wildman–Crippen LogP) is 1.08. The van der Waals surface area contributed by atoms with E-state index in [-0.39, 0.29) is 25.5 Å². The molecular weight excluding hydrogens is 300 g/mol. The van der Waals surface area contributed by atoms with Gasteiger partial charge in [-0.1, -0.05) is 37.3 Å². The lowest BCUT2D eigenvalue weighted by atomic mass is 10.2. The normalized spacial score (nSPS) is 11.4. The van der Waals surface area contributed by atoms with E-state index in [0.717, 1.165) is 5.56 Å². The maximum atomic E-state index is 12.0. The molecule has 7 heteroatoms. The summed E-state index contributed by atoms with van der Waals surface area (Å²) >= 11 is 0. The molecule has 2 amide bonds. The monoisotopic (exact) mass is 322 g/mol. The number of ether oxygens (including phenoxy) is 1. The fourth-order valence-electron chi connectivity index (χ4n) is 1.74. The maximum absolute atomic E-state index is 12.0. The van der Waals surface area contributed by atoms with E-state index in [2.05, 4.69) is 10.8 Å². The van der Waals surface area contributed by atoms with Crippen molar-refractivity contribution in [2.75, 3.05) is 6.54 Å². The number of nitrogens with one attached hydrogen (secondary N) is 2. The predicted molar refractivity (Wildman–Crippen MR) is 82.8 cm³/mol. The zero-order valence-corrected chi connectivity index (χ0v) is 13.3. The van der Waals surface area contributed by atoms with Gasteiger partial charge in [-0.15, -0.1) is 0 Å². The molecule has 0 radical (unpaired) electrons. The molecule has 0 spiro atoms. The first kappa shape index (κ1) is 18.6. The van der Waals surface area contributed by atoms with Crippen molar-refractivity contribution in [1.82, 2.24) is 10.8 Å². The number of esters is 1. The summed E-state index contributed by atoms with van der Waals surface area (Å²) in [5, 5.41) is 2.62. The SMILES string of the molecule is CCC(=O)NCC[C@H](OC(C)=O)C(=O)NOCc1ccccc1. The van der Waals surface area contributed by atoms with Crippen molar-refractivity contribution in [2.24, 2.45) is 0 Å². The van der Waals surface area contributed by atoms with Gasteiger partial charge in [0, 0.05) is 26.3 Å². The Bertz CT molecular complexity index is 518. The highest BCUT2D eigenvalue weighted by atomic mass is 16.7. The summed E-state index contributed by atoms with van der Waals surface area (Å²) in [5.74, 6) is -1.27. The molecule has 0 unspecified atom stereocenters. The third-order valence-corrected chi connectivity index (χ3v) is 2.90. The Balaban J connectivity index is 2.41. The van der Waals surface area contributed by atoms with E-state index in [9.17, 15) is 14.4 Å². The second kappa shape index (κ2) is 10.3. The molecule has 0 saturated carbocycles. The summed E-state index contributed by atoms with van der Waals surface area (Å²) in [6.07, 6.45) is -0.489. The lowest BCUT2D eigenvalue weighted by Gasteiger charge is -2.16. The first-order chi connectivity index (χ1) is 11.0. The van der Waals surface area contributed by atoms with Crippen LogP contribution < -0.4 is 10.8 Å². The number of hydrogen-bond acceptors (Lipinski definition) is 5. The Hall–Kier alpha value is -2.41. The van der Waals surface area contributed by atoms with Gasteiger partial charge in [0.05, 0.1) is 6.61 Å². The van der Waals surface area contributed by atoms with E-state index in [1.807, 2.05) is 30.3 Å². The van der Waals surface area contributed by atoms with Crippen LogP contribution >= 0.6 is 0 Å². The molecule has 0 aliphatic rings. The van der Waals surface area contributed by atoms with Crippen LogP contribution in [0.3, 0.4) is 0 Å². The van der Waals surface area contributed by atoms with Crippen LogP contribution in [0.2, 0.25) is 0 Å². The van der Waals surface area contributed by atoms with Crippen molar-refractivity contribution < 1.29 is 24.0 Å². The van der Waals surface area contributed by atoms with Crippen LogP contribution in [0.1, 0.15) is 32.3 Å². The van der Waals surface area contributed by atoms with Crippen LogP contribution in [0, 0.1) is 0 Å². The lowest BCUT2D eigenvalue weighted by Crippen LogP contribution is -2.39. The number of amides is 2. The Morgan fingerprint density at radius 3 is 2.48 bits per heavy atom. The number of carbonyl (C=O) groups is 3.